The summed E-state index contributed by atoms with van der Waals surface area (Å²) in [6.07, 6.45) is 4.04. The van der Waals surface area contributed by atoms with Gasteiger partial charge in [0.25, 0.3) is 5.91 Å². The molecule has 0 atom stereocenters. The second-order valence-corrected chi connectivity index (χ2v) is 6.99. The fourth-order valence-corrected chi connectivity index (χ4v) is 3.39. The maximum Gasteiger partial charge on any atom is 0.349 e. The Morgan fingerprint density at radius 3 is 2.79 bits per heavy atom. The highest BCUT2D eigenvalue weighted by Crippen LogP contribution is 2.20. The number of amides is 1. The van der Waals surface area contributed by atoms with E-state index in [1.807, 2.05) is 24.4 Å². The second-order valence-electron chi connectivity index (χ2n) is 6.99. The number of methoxy groups -OCH3 is 1. The van der Waals surface area contributed by atoms with Gasteiger partial charge in [-0.3, -0.25) is 4.79 Å². The van der Waals surface area contributed by atoms with Crippen LogP contribution in [0.15, 0.2) is 45.7 Å². The monoisotopic (exact) mass is 382 g/mol. The molecular formula is C22H26N2O4. The van der Waals surface area contributed by atoms with E-state index < -0.39 is 5.63 Å². The number of carbonyl (C=O) groups is 1. The summed E-state index contributed by atoms with van der Waals surface area (Å²) in [5.41, 5.74) is 2.45. The molecule has 0 aliphatic heterocycles. The van der Waals surface area contributed by atoms with Crippen molar-refractivity contribution in [2.75, 3.05) is 27.3 Å². The maximum absolute atomic E-state index is 12.6. The molecule has 0 bridgehead atoms. The number of aromatic amines is 1. The first-order valence-corrected chi connectivity index (χ1v) is 9.44. The molecule has 2 aromatic heterocycles. The zero-order valence-electron chi connectivity index (χ0n) is 16.6. The Kier molecular flexibility index (Phi) is 6.31. The first-order valence-electron chi connectivity index (χ1n) is 9.44. The van der Waals surface area contributed by atoms with E-state index in [0.29, 0.717) is 37.3 Å². The topological polar surface area (TPSA) is 75.5 Å². The fraction of sp³-hybridized carbons (Fsp3) is 0.364. The number of nitrogens with zero attached hydrogens (tertiary/aromatic N) is 1. The number of ether oxygens (including phenoxy) is 1. The number of hydrogen-bond donors (Lipinski definition) is 1. The second kappa shape index (κ2) is 8.89. The van der Waals surface area contributed by atoms with Crippen LogP contribution in [0.1, 0.15) is 33.7 Å². The van der Waals surface area contributed by atoms with E-state index in [9.17, 15) is 9.59 Å². The quantitative estimate of drug-likeness (QED) is 0.607. The van der Waals surface area contributed by atoms with Gasteiger partial charge in [0.05, 0.1) is 0 Å². The van der Waals surface area contributed by atoms with E-state index in [1.54, 1.807) is 27.1 Å². The minimum absolute atomic E-state index is 0.107. The Bertz CT molecular complexity index is 1020. The number of H-pyrrole nitrogens is 1. The summed E-state index contributed by atoms with van der Waals surface area (Å²) in [6.45, 7) is 2.87. The van der Waals surface area contributed by atoms with Crippen molar-refractivity contribution in [3.05, 3.63) is 69.4 Å². The van der Waals surface area contributed by atoms with Gasteiger partial charge in [0.2, 0.25) is 0 Å². The molecule has 0 saturated carbocycles. The van der Waals surface area contributed by atoms with Crippen molar-refractivity contribution >= 4 is 16.8 Å². The Morgan fingerprint density at radius 2 is 2.04 bits per heavy atom. The molecular weight excluding hydrogens is 356 g/mol. The molecule has 2 heterocycles. The van der Waals surface area contributed by atoms with Crippen molar-refractivity contribution in [1.82, 2.24) is 9.88 Å². The Labute approximate surface area is 164 Å². The summed E-state index contributed by atoms with van der Waals surface area (Å²) in [5, 5.41) is 1.17. The van der Waals surface area contributed by atoms with Gasteiger partial charge in [-0.05, 0) is 43.0 Å². The van der Waals surface area contributed by atoms with Crippen LogP contribution >= 0.6 is 0 Å². The molecule has 0 unspecified atom stereocenters. The lowest BCUT2D eigenvalue weighted by Gasteiger charge is -2.17. The number of nitrogens with one attached hydrogen (secondary N) is 1. The third-order valence-electron chi connectivity index (χ3n) is 4.92. The molecule has 0 radical (unpaired) electrons. The van der Waals surface area contributed by atoms with Gasteiger partial charge in [-0.2, -0.15) is 0 Å². The average molecular weight is 382 g/mol. The van der Waals surface area contributed by atoms with Crippen molar-refractivity contribution in [2.45, 2.75) is 26.2 Å². The van der Waals surface area contributed by atoms with E-state index >= 15 is 0 Å². The standard InChI is InChI=1S/C22H26N2O4/c1-15-13-17(10-9-16-14-23-19-8-5-4-7-18(16)19)28-22(26)20(15)21(25)24(2)11-6-12-27-3/h4-5,7-8,13-14,23H,6,9-12H2,1-3H3. The van der Waals surface area contributed by atoms with Gasteiger partial charge in [0.15, 0.2) is 0 Å². The van der Waals surface area contributed by atoms with Gasteiger partial charge in [0, 0.05) is 50.8 Å². The first kappa shape index (κ1) is 19.9. The highest BCUT2D eigenvalue weighted by molar-refractivity contribution is 5.95. The average Bonchev–Trinajstić information content (AvgIpc) is 3.09. The summed E-state index contributed by atoms with van der Waals surface area (Å²) in [4.78, 5) is 29.9. The molecule has 148 valence electrons. The van der Waals surface area contributed by atoms with Crippen molar-refractivity contribution in [3.8, 4) is 0 Å². The lowest BCUT2D eigenvalue weighted by molar-refractivity contribution is 0.0773. The SMILES string of the molecule is COCCCN(C)C(=O)c1c(C)cc(CCc2c[nH]c3ccccc23)oc1=O. The summed E-state index contributed by atoms with van der Waals surface area (Å²) in [6, 6.07) is 9.91. The van der Waals surface area contributed by atoms with E-state index in [2.05, 4.69) is 11.1 Å². The zero-order valence-corrected chi connectivity index (χ0v) is 16.6. The summed E-state index contributed by atoms with van der Waals surface area (Å²) in [5.74, 6) is 0.275. The van der Waals surface area contributed by atoms with Gasteiger partial charge in [-0.1, -0.05) is 18.2 Å². The van der Waals surface area contributed by atoms with E-state index in [0.717, 1.165) is 11.9 Å². The maximum atomic E-state index is 12.6. The third-order valence-corrected chi connectivity index (χ3v) is 4.92. The van der Waals surface area contributed by atoms with E-state index in [1.165, 1.54) is 15.8 Å². The number of rotatable bonds is 8. The van der Waals surface area contributed by atoms with Gasteiger partial charge in [0.1, 0.15) is 11.3 Å². The third kappa shape index (κ3) is 4.34. The smallest absolute Gasteiger partial charge is 0.349 e. The van der Waals surface area contributed by atoms with Crippen LogP contribution in [0.5, 0.6) is 0 Å². The molecule has 0 aliphatic rings. The van der Waals surface area contributed by atoms with Crippen LogP contribution in [0.3, 0.4) is 0 Å². The minimum atomic E-state index is -0.572. The highest BCUT2D eigenvalue weighted by atomic mass is 16.5. The molecule has 3 rings (SSSR count). The first-order chi connectivity index (χ1) is 13.5. The van der Waals surface area contributed by atoms with Crippen LogP contribution in [0.4, 0.5) is 0 Å². The summed E-state index contributed by atoms with van der Waals surface area (Å²) >= 11 is 0. The Balaban J connectivity index is 1.72. The molecule has 6 nitrogen and oxygen atoms in total. The number of hydrogen-bond acceptors (Lipinski definition) is 4. The van der Waals surface area contributed by atoms with E-state index in [-0.39, 0.29) is 11.5 Å². The van der Waals surface area contributed by atoms with E-state index in [4.69, 9.17) is 9.15 Å². The largest absolute Gasteiger partial charge is 0.427 e. The molecule has 0 spiro atoms. The predicted molar refractivity (Wildman–Crippen MR) is 109 cm³/mol. The molecule has 0 aliphatic carbocycles. The molecule has 28 heavy (non-hydrogen) atoms. The van der Waals surface area contributed by atoms with Crippen LogP contribution in [0.25, 0.3) is 10.9 Å². The molecule has 6 heteroatoms. The van der Waals surface area contributed by atoms with Crippen LogP contribution in [-0.2, 0) is 17.6 Å². The van der Waals surface area contributed by atoms with Crippen LogP contribution < -0.4 is 5.63 Å². The normalized spacial score (nSPS) is 11.1. The zero-order chi connectivity index (χ0) is 20.1. The number of aromatic nitrogens is 1. The minimum Gasteiger partial charge on any atom is -0.427 e. The van der Waals surface area contributed by atoms with Crippen molar-refractivity contribution in [3.63, 3.8) is 0 Å². The number of carbonyl (C=O) groups excluding carboxylic acids is 1. The highest BCUT2D eigenvalue weighted by Gasteiger charge is 2.20. The van der Waals surface area contributed by atoms with Crippen molar-refractivity contribution in [2.24, 2.45) is 0 Å². The van der Waals surface area contributed by atoms with Gasteiger partial charge < -0.3 is 19.0 Å². The number of aryl methyl sites for hydroxylation is 3. The lowest BCUT2D eigenvalue weighted by atomic mass is 10.1. The summed E-state index contributed by atoms with van der Waals surface area (Å²) in [7, 11) is 3.30. The molecule has 0 saturated heterocycles. The van der Waals surface area contributed by atoms with Crippen molar-refractivity contribution < 1.29 is 13.9 Å². The predicted octanol–water partition coefficient (Wildman–Crippen LogP) is 3.32. The van der Waals surface area contributed by atoms with Gasteiger partial charge in [-0.25, -0.2) is 4.79 Å². The molecule has 1 amide bonds. The lowest BCUT2D eigenvalue weighted by Crippen LogP contribution is -2.33. The summed E-state index contributed by atoms with van der Waals surface area (Å²) < 4.78 is 10.5. The number of fused-ring (bicyclic) bond motifs is 1. The fourth-order valence-electron chi connectivity index (χ4n) is 3.39. The Hall–Kier alpha value is -2.86. The molecule has 3 aromatic rings. The van der Waals surface area contributed by atoms with Gasteiger partial charge in [-0.15, -0.1) is 0 Å². The number of benzene rings is 1. The molecule has 1 aromatic carbocycles. The van der Waals surface area contributed by atoms with Crippen LogP contribution in [0.2, 0.25) is 0 Å². The van der Waals surface area contributed by atoms with Crippen molar-refractivity contribution in [1.29, 1.82) is 0 Å². The Morgan fingerprint density at radius 1 is 1.25 bits per heavy atom. The van der Waals surface area contributed by atoms with Crippen LogP contribution in [-0.4, -0.2) is 43.1 Å². The number of para-hydroxylation sites is 1. The van der Waals surface area contributed by atoms with Crippen LogP contribution in [0, 0.1) is 6.92 Å². The molecule has 0 fully saturated rings. The molecule has 1 N–H and O–H groups in total. The van der Waals surface area contributed by atoms with Gasteiger partial charge >= 0.3 is 5.63 Å².